The number of nitrogens with zero attached hydrogens (tertiary/aromatic N) is 4. The number of carbonyl (C=O) groups is 1. The van der Waals surface area contributed by atoms with Crippen molar-refractivity contribution in [2.75, 3.05) is 18.5 Å². The molecule has 0 bridgehead atoms. The number of H-pyrrole nitrogens is 1. The van der Waals surface area contributed by atoms with Crippen molar-refractivity contribution in [1.29, 1.82) is 0 Å². The molecule has 120 valence electrons. The van der Waals surface area contributed by atoms with Gasteiger partial charge in [0, 0.05) is 7.05 Å². The smallest absolute Gasteiger partial charge is 0.233 e. The fourth-order valence-corrected chi connectivity index (χ4v) is 3.79. The summed E-state index contributed by atoms with van der Waals surface area (Å²) in [4.78, 5) is 22.6. The molecule has 3 rings (SSSR count). The Kier molecular flexibility index (Phi) is 4.49. The lowest BCUT2D eigenvalue weighted by molar-refractivity contribution is -0.128. The van der Waals surface area contributed by atoms with Crippen LogP contribution in [0.1, 0.15) is 18.0 Å². The minimum Gasteiger partial charge on any atom is -0.368 e. The summed E-state index contributed by atoms with van der Waals surface area (Å²) in [5.41, 5.74) is 6.42. The first-order chi connectivity index (χ1) is 11.0. The third kappa shape index (κ3) is 3.45. The molecule has 0 saturated heterocycles. The number of rotatable bonds is 5. The number of carbonyl (C=O) groups excluding carboxylic acids is 1. The lowest BCUT2D eigenvalue weighted by atomic mass is 10.3. The van der Waals surface area contributed by atoms with Gasteiger partial charge >= 0.3 is 0 Å². The zero-order chi connectivity index (χ0) is 16.4. The van der Waals surface area contributed by atoms with E-state index in [1.807, 2.05) is 31.2 Å². The van der Waals surface area contributed by atoms with Gasteiger partial charge in [-0.3, -0.25) is 4.79 Å². The molecule has 0 aliphatic carbocycles. The maximum atomic E-state index is 12.3. The number of hydrogen-bond donors (Lipinski definition) is 2. The fourth-order valence-electron chi connectivity index (χ4n) is 2.00. The van der Waals surface area contributed by atoms with Crippen LogP contribution in [0.4, 0.5) is 5.95 Å². The predicted molar refractivity (Wildman–Crippen MR) is 92.3 cm³/mol. The highest BCUT2D eigenvalue weighted by Crippen LogP contribution is 2.29. The van der Waals surface area contributed by atoms with Gasteiger partial charge in [-0.05, 0) is 19.1 Å². The van der Waals surface area contributed by atoms with Crippen molar-refractivity contribution in [3.8, 4) is 0 Å². The Balaban J connectivity index is 1.65. The summed E-state index contributed by atoms with van der Waals surface area (Å²) in [6, 6.07) is 7.88. The van der Waals surface area contributed by atoms with Gasteiger partial charge in [0.25, 0.3) is 0 Å². The van der Waals surface area contributed by atoms with Crippen molar-refractivity contribution in [3.05, 3.63) is 29.3 Å². The van der Waals surface area contributed by atoms with Crippen molar-refractivity contribution in [2.24, 2.45) is 0 Å². The number of thiazole rings is 1. The van der Waals surface area contributed by atoms with E-state index in [2.05, 4.69) is 20.2 Å². The summed E-state index contributed by atoms with van der Waals surface area (Å²) in [7, 11) is 1.78. The minimum absolute atomic E-state index is 0.00914. The number of nitrogens with two attached hydrogens (primary N) is 1. The second-order valence-corrected chi connectivity index (χ2v) is 7.00. The van der Waals surface area contributed by atoms with Crippen molar-refractivity contribution in [2.45, 2.75) is 18.1 Å². The molecule has 1 atom stereocenters. The number of fused-ring (bicyclic) bond motifs is 1. The number of anilines is 1. The topological polar surface area (TPSA) is 101 Å². The van der Waals surface area contributed by atoms with Gasteiger partial charge < -0.3 is 10.6 Å². The summed E-state index contributed by atoms with van der Waals surface area (Å²) < 4.78 is 1.13. The molecule has 2 heterocycles. The zero-order valence-electron chi connectivity index (χ0n) is 12.7. The molecule has 0 aliphatic heterocycles. The summed E-state index contributed by atoms with van der Waals surface area (Å²) in [5, 5.41) is 7.84. The fraction of sp³-hybridized carbons (Fsp3) is 0.286. The second kappa shape index (κ2) is 6.55. The number of thioether (sulfide) groups is 1. The molecule has 3 aromatic rings. The van der Waals surface area contributed by atoms with Crippen LogP contribution in [0, 0.1) is 0 Å². The highest BCUT2D eigenvalue weighted by molar-refractivity contribution is 7.99. The third-order valence-electron chi connectivity index (χ3n) is 3.45. The van der Waals surface area contributed by atoms with E-state index in [9.17, 15) is 4.79 Å². The molecule has 1 amide bonds. The SMILES string of the molecule is C[C@@H](c1nc2ccccc2s1)N(C)C(=O)CSc1n[nH]c(N)n1. The molecule has 0 saturated carbocycles. The van der Waals surface area contributed by atoms with E-state index in [4.69, 9.17) is 5.73 Å². The van der Waals surface area contributed by atoms with Gasteiger partial charge in [0.2, 0.25) is 17.0 Å². The molecule has 0 aliphatic rings. The van der Waals surface area contributed by atoms with Crippen LogP contribution < -0.4 is 5.73 Å². The monoisotopic (exact) mass is 348 g/mol. The van der Waals surface area contributed by atoms with Gasteiger partial charge in [0.15, 0.2) is 0 Å². The summed E-state index contributed by atoms with van der Waals surface area (Å²) >= 11 is 2.86. The molecule has 23 heavy (non-hydrogen) atoms. The van der Waals surface area contributed by atoms with Crippen molar-refractivity contribution in [3.63, 3.8) is 0 Å². The number of hydrogen-bond acceptors (Lipinski definition) is 7. The first-order valence-corrected chi connectivity index (χ1v) is 8.76. The minimum atomic E-state index is -0.0855. The van der Waals surface area contributed by atoms with E-state index < -0.39 is 0 Å². The molecule has 0 unspecified atom stereocenters. The number of para-hydroxylation sites is 1. The quantitative estimate of drug-likeness (QED) is 0.686. The molecule has 9 heteroatoms. The van der Waals surface area contributed by atoms with Crippen LogP contribution in [0.3, 0.4) is 0 Å². The number of amides is 1. The molecule has 0 spiro atoms. The standard InChI is InChI=1S/C14H16N6OS2/c1-8(12-16-9-5-3-4-6-10(9)23-12)20(2)11(21)7-22-14-17-13(15)18-19-14/h3-6,8H,7H2,1-2H3,(H3,15,17,18,19)/t8-/m0/s1. The van der Waals surface area contributed by atoms with Crippen molar-refractivity contribution in [1.82, 2.24) is 25.1 Å². The van der Waals surface area contributed by atoms with Crippen LogP contribution in [0.25, 0.3) is 10.2 Å². The maximum Gasteiger partial charge on any atom is 0.233 e. The zero-order valence-corrected chi connectivity index (χ0v) is 14.3. The largest absolute Gasteiger partial charge is 0.368 e. The average Bonchev–Trinajstić information content (AvgIpc) is 3.16. The summed E-state index contributed by atoms with van der Waals surface area (Å²) in [6.45, 7) is 1.98. The molecular weight excluding hydrogens is 332 g/mol. The third-order valence-corrected chi connectivity index (χ3v) is 5.49. The number of nitrogens with one attached hydrogen (secondary N) is 1. The van der Waals surface area contributed by atoms with Crippen LogP contribution in [-0.4, -0.2) is 43.8 Å². The van der Waals surface area contributed by atoms with E-state index in [0.717, 1.165) is 15.2 Å². The number of aromatic amines is 1. The van der Waals surface area contributed by atoms with E-state index >= 15 is 0 Å². The molecule has 0 radical (unpaired) electrons. The molecule has 3 N–H and O–H groups in total. The Morgan fingerprint density at radius 2 is 2.22 bits per heavy atom. The van der Waals surface area contributed by atoms with Crippen LogP contribution in [0.5, 0.6) is 0 Å². The predicted octanol–water partition coefficient (Wildman–Crippen LogP) is 2.31. The van der Waals surface area contributed by atoms with E-state index in [0.29, 0.717) is 5.16 Å². The maximum absolute atomic E-state index is 12.3. The Bertz CT molecular complexity index is 796. The highest BCUT2D eigenvalue weighted by atomic mass is 32.2. The van der Waals surface area contributed by atoms with Gasteiger partial charge in [0.05, 0.1) is 22.0 Å². The van der Waals surface area contributed by atoms with Crippen LogP contribution in [-0.2, 0) is 4.79 Å². The Labute approximate surface area is 141 Å². The van der Waals surface area contributed by atoms with Crippen molar-refractivity contribution < 1.29 is 4.79 Å². The highest BCUT2D eigenvalue weighted by Gasteiger charge is 2.21. The second-order valence-electron chi connectivity index (χ2n) is 4.99. The first-order valence-electron chi connectivity index (χ1n) is 6.96. The van der Waals surface area contributed by atoms with Gasteiger partial charge in [-0.2, -0.15) is 4.98 Å². The molecule has 7 nitrogen and oxygen atoms in total. The van der Waals surface area contributed by atoms with Crippen LogP contribution >= 0.6 is 23.1 Å². The van der Waals surface area contributed by atoms with Gasteiger partial charge in [0.1, 0.15) is 5.01 Å². The van der Waals surface area contributed by atoms with Crippen LogP contribution in [0.15, 0.2) is 29.4 Å². The Morgan fingerprint density at radius 1 is 1.43 bits per heavy atom. The molecule has 2 aromatic heterocycles. The summed E-state index contributed by atoms with van der Waals surface area (Å²) in [6.07, 6.45) is 0. The normalized spacial score (nSPS) is 12.4. The Morgan fingerprint density at radius 3 is 2.91 bits per heavy atom. The Hall–Kier alpha value is -2.13. The lowest BCUT2D eigenvalue weighted by Crippen LogP contribution is -2.31. The van der Waals surface area contributed by atoms with Crippen molar-refractivity contribution >= 4 is 45.2 Å². The summed E-state index contributed by atoms with van der Waals surface area (Å²) in [5.74, 6) is 0.490. The van der Waals surface area contributed by atoms with Gasteiger partial charge in [-0.1, -0.05) is 23.9 Å². The lowest BCUT2D eigenvalue weighted by Gasteiger charge is -2.22. The molecular formula is C14H16N6OS2. The number of benzene rings is 1. The molecule has 1 aromatic carbocycles. The van der Waals surface area contributed by atoms with Gasteiger partial charge in [-0.25, -0.2) is 10.1 Å². The van der Waals surface area contributed by atoms with E-state index in [1.165, 1.54) is 11.8 Å². The molecule has 0 fully saturated rings. The number of nitrogen functional groups attached to an aromatic ring is 1. The first kappa shape index (κ1) is 15.8. The average molecular weight is 348 g/mol. The van der Waals surface area contributed by atoms with Gasteiger partial charge in [-0.15, -0.1) is 16.4 Å². The number of aromatic nitrogens is 4. The van der Waals surface area contributed by atoms with Crippen LogP contribution in [0.2, 0.25) is 0 Å². The van der Waals surface area contributed by atoms with E-state index in [1.54, 1.807) is 23.3 Å². The van der Waals surface area contributed by atoms with E-state index in [-0.39, 0.29) is 23.7 Å².